The van der Waals surface area contributed by atoms with Gasteiger partial charge in [0.15, 0.2) is 23.7 Å². The van der Waals surface area contributed by atoms with Gasteiger partial charge in [-0.05, 0) is 18.2 Å². The topological polar surface area (TPSA) is 56.5 Å². The summed E-state index contributed by atoms with van der Waals surface area (Å²) in [4.78, 5) is 4.28. The number of benzene rings is 1. The number of hydrogen-bond donors (Lipinski definition) is 1. The number of nitrogens with one attached hydrogen (secondary N) is 1. The highest BCUT2D eigenvalue weighted by Gasteiger charge is 2.16. The summed E-state index contributed by atoms with van der Waals surface area (Å²) in [5.74, 6) is 2.31. The number of aromatic nitrogens is 1. The molecule has 0 atom stereocenters. The Hall–Kier alpha value is -2.01. The molecule has 3 rings (SSSR count). The average molecular weight is 274 g/mol. The van der Waals surface area contributed by atoms with Gasteiger partial charge in [-0.2, -0.15) is 0 Å². The first-order valence-electron chi connectivity index (χ1n) is 6.80. The van der Waals surface area contributed by atoms with Gasteiger partial charge in [-0.3, -0.25) is 0 Å². The summed E-state index contributed by atoms with van der Waals surface area (Å²) in [5.41, 5.74) is 1.85. The smallest absolute Gasteiger partial charge is 0.181 e. The molecule has 20 heavy (non-hydrogen) atoms. The number of hydrogen-bond acceptors (Lipinski definition) is 5. The fourth-order valence-corrected chi connectivity index (χ4v) is 2.12. The molecular weight excluding hydrogens is 256 g/mol. The van der Waals surface area contributed by atoms with Gasteiger partial charge in [0.25, 0.3) is 0 Å². The molecule has 1 N–H and O–H groups in total. The highest BCUT2D eigenvalue weighted by molar-refractivity contribution is 5.64. The lowest BCUT2D eigenvalue weighted by atomic mass is 10.1. The van der Waals surface area contributed by atoms with Gasteiger partial charge in [0.1, 0.15) is 18.9 Å². The van der Waals surface area contributed by atoms with E-state index in [1.165, 1.54) is 6.39 Å². The maximum atomic E-state index is 5.60. The maximum absolute atomic E-state index is 5.60. The predicted molar refractivity (Wildman–Crippen MR) is 74.9 cm³/mol. The molecule has 5 heteroatoms. The molecule has 2 heterocycles. The van der Waals surface area contributed by atoms with Gasteiger partial charge < -0.3 is 19.2 Å². The zero-order valence-electron chi connectivity index (χ0n) is 11.7. The van der Waals surface area contributed by atoms with Crippen LogP contribution in [0.4, 0.5) is 0 Å². The van der Waals surface area contributed by atoms with Crippen molar-refractivity contribution in [3.8, 4) is 22.8 Å². The van der Waals surface area contributed by atoms with E-state index in [1.807, 2.05) is 18.2 Å². The van der Waals surface area contributed by atoms with Gasteiger partial charge in [-0.25, -0.2) is 4.98 Å². The van der Waals surface area contributed by atoms with Crippen molar-refractivity contribution in [3.05, 3.63) is 30.3 Å². The first-order chi connectivity index (χ1) is 9.74. The van der Waals surface area contributed by atoms with E-state index in [9.17, 15) is 0 Å². The van der Waals surface area contributed by atoms with Crippen molar-refractivity contribution in [1.82, 2.24) is 10.3 Å². The number of nitrogens with zero attached hydrogens (tertiary/aromatic N) is 1. The van der Waals surface area contributed by atoms with E-state index >= 15 is 0 Å². The van der Waals surface area contributed by atoms with Crippen molar-refractivity contribution in [2.75, 3.05) is 13.2 Å². The Balaban J connectivity index is 1.87. The number of rotatable bonds is 4. The molecule has 0 fully saturated rings. The van der Waals surface area contributed by atoms with Crippen LogP contribution in [0.5, 0.6) is 11.5 Å². The third kappa shape index (κ3) is 2.63. The summed E-state index contributed by atoms with van der Waals surface area (Å²) < 4.78 is 16.6. The van der Waals surface area contributed by atoms with Crippen LogP contribution in [0.3, 0.4) is 0 Å². The van der Waals surface area contributed by atoms with Crippen LogP contribution in [0.2, 0.25) is 0 Å². The first-order valence-corrected chi connectivity index (χ1v) is 6.80. The molecule has 0 spiro atoms. The van der Waals surface area contributed by atoms with E-state index in [2.05, 4.69) is 24.1 Å². The monoisotopic (exact) mass is 274 g/mol. The predicted octanol–water partition coefficient (Wildman–Crippen LogP) is 2.61. The standard InChI is InChI=1S/C15H18N2O3/c1-10(2)16-8-12-15(20-9-17-12)11-3-4-13-14(7-11)19-6-5-18-13/h3-4,7,9-10,16H,5-6,8H2,1-2H3. The van der Waals surface area contributed by atoms with Crippen molar-refractivity contribution < 1.29 is 13.9 Å². The fourth-order valence-electron chi connectivity index (χ4n) is 2.12. The van der Waals surface area contributed by atoms with E-state index in [0.29, 0.717) is 25.8 Å². The van der Waals surface area contributed by atoms with E-state index in [4.69, 9.17) is 13.9 Å². The molecule has 0 unspecified atom stereocenters. The highest BCUT2D eigenvalue weighted by atomic mass is 16.6. The molecular formula is C15H18N2O3. The lowest BCUT2D eigenvalue weighted by molar-refractivity contribution is 0.171. The molecule has 1 aliphatic rings. The molecule has 1 aliphatic heterocycles. The van der Waals surface area contributed by atoms with Crippen LogP contribution in [0.25, 0.3) is 11.3 Å². The summed E-state index contributed by atoms with van der Waals surface area (Å²) in [6.07, 6.45) is 1.48. The second-order valence-electron chi connectivity index (χ2n) is 5.02. The van der Waals surface area contributed by atoms with Crippen molar-refractivity contribution in [2.45, 2.75) is 26.4 Å². The van der Waals surface area contributed by atoms with E-state index in [0.717, 1.165) is 28.5 Å². The largest absolute Gasteiger partial charge is 0.486 e. The van der Waals surface area contributed by atoms with Crippen LogP contribution in [0.1, 0.15) is 19.5 Å². The Kier molecular flexibility index (Phi) is 3.60. The molecule has 1 aromatic heterocycles. The van der Waals surface area contributed by atoms with Crippen LogP contribution in [-0.2, 0) is 6.54 Å². The lowest BCUT2D eigenvalue weighted by Gasteiger charge is -2.18. The summed E-state index contributed by atoms with van der Waals surface area (Å²) >= 11 is 0. The third-order valence-corrected chi connectivity index (χ3v) is 3.12. The van der Waals surface area contributed by atoms with E-state index in [-0.39, 0.29) is 0 Å². The number of ether oxygens (including phenoxy) is 2. The molecule has 5 nitrogen and oxygen atoms in total. The van der Waals surface area contributed by atoms with Crippen molar-refractivity contribution in [1.29, 1.82) is 0 Å². The van der Waals surface area contributed by atoms with Gasteiger partial charge >= 0.3 is 0 Å². The highest BCUT2D eigenvalue weighted by Crippen LogP contribution is 2.35. The van der Waals surface area contributed by atoms with Crippen molar-refractivity contribution in [2.24, 2.45) is 0 Å². The molecule has 0 saturated heterocycles. The zero-order chi connectivity index (χ0) is 13.9. The number of oxazole rings is 1. The fraction of sp³-hybridized carbons (Fsp3) is 0.400. The van der Waals surface area contributed by atoms with E-state index < -0.39 is 0 Å². The van der Waals surface area contributed by atoms with Crippen LogP contribution >= 0.6 is 0 Å². The van der Waals surface area contributed by atoms with Gasteiger partial charge in [0, 0.05) is 18.2 Å². The third-order valence-electron chi connectivity index (χ3n) is 3.12. The van der Waals surface area contributed by atoms with Crippen molar-refractivity contribution >= 4 is 0 Å². The summed E-state index contributed by atoms with van der Waals surface area (Å²) in [7, 11) is 0. The summed E-state index contributed by atoms with van der Waals surface area (Å²) in [6, 6.07) is 6.21. The Labute approximate surface area is 117 Å². The average Bonchev–Trinajstić information content (AvgIpc) is 2.93. The quantitative estimate of drug-likeness (QED) is 0.928. The minimum atomic E-state index is 0.403. The number of fused-ring (bicyclic) bond motifs is 1. The van der Waals surface area contributed by atoms with Crippen LogP contribution < -0.4 is 14.8 Å². The minimum absolute atomic E-state index is 0.403. The minimum Gasteiger partial charge on any atom is -0.486 e. The second-order valence-corrected chi connectivity index (χ2v) is 5.02. The van der Waals surface area contributed by atoms with Crippen LogP contribution in [0, 0.1) is 0 Å². The van der Waals surface area contributed by atoms with Crippen LogP contribution in [-0.4, -0.2) is 24.2 Å². The molecule has 2 aromatic rings. The van der Waals surface area contributed by atoms with Crippen LogP contribution in [0.15, 0.2) is 29.0 Å². The Morgan fingerprint density at radius 3 is 2.80 bits per heavy atom. The zero-order valence-corrected chi connectivity index (χ0v) is 11.7. The van der Waals surface area contributed by atoms with Gasteiger partial charge in [-0.1, -0.05) is 13.8 Å². The van der Waals surface area contributed by atoms with E-state index in [1.54, 1.807) is 0 Å². The lowest BCUT2D eigenvalue weighted by Crippen LogP contribution is -2.22. The molecule has 106 valence electrons. The van der Waals surface area contributed by atoms with Gasteiger partial charge in [0.2, 0.25) is 0 Å². The maximum Gasteiger partial charge on any atom is 0.181 e. The first kappa shape index (κ1) is 13.0. The molecule has 0 amide bonds. The summed E-state index contributed by atoms with van der Waals surface area (Å²) in [6.45, 7) is 6.05. The molecule has 1 aromatic carbocycles. The summed E-state index contributed by atoms with van der Waals surface area (Å²) in [5, 5.41) is 3.34. The molecule has 0 saturated carbocycles. The molecule has 0 bridgehead atoms. The van der Waals surface area contributed by atoms with Crippen molar-refractivity contribution in [3.63, 3.8) is 0 Å². The Morgan fingerprint density at radius 2 is 2.00 bits per heavy atom. The SMILES string of the molecule is CC(C)NCc1ncoc1-c1ccc2c(c1)OCCO2. The Morgan fingerprint density at radius 1 is 1.20 bits per heavy atom. The Bertz CT molecular complexity index is 593. The normalized spacial score (nSPS) is 13.8. The molecule has 0 aliphatic carbocycles. The van der Waals surface area contributed by atoms with Gasteiger partial charge in [0.05, 0.1) is 0 Å². The molecule has 0 radical (unpaired) electrons. The van der Waals surface area contributed by atoms with Gasteiger partial charge in [-0.15, -0.1) is 0 Å². The second kappa shape index (κ2) is 5.54.